The number of hydrogen-bond acceptors (Lipinski definition) is 5. The number of nitrogens with zero attached hydrogens (tertiary/aromatic N) is 2. The van der Waals surface area contributed by atoms with E-state index in [2.05, 4.69) is 60.3 Å². The standard InChI is InChI=1S/C29H39N5O2/c1-19-24(21-15-32-33-16-21)17-31-27-25(19)23(14-29(5,6)35)26(34-27)20-8-10-22(11-9-20)36-13-7-12-30-18-28(2,3)4/h8-11,15-17,30,35H,7,12-14,18H2,1-6H3,(H,31,34)(H,32,33). The minimum Gasteiger partial charge on any atom is -0.494 e. The molecule has 0 amide bonds. The molecule has 3 heterocycles. The number of hydrogen-bond donors (Lipinski definition) is 4. The molecule has 7 nitrogen and oxygen atoms in total. The van der Waals surface area contributed by atoms with Gasteiger partial charge in [0.1, 0.15) is 11.4 Å². The van der Waals surface area contributed by atoms with E-state index < -0.39 is 5.60 Å². The molecule has 36 heavy (non-hydrogen) atoms. The van der Waals surface area contributed by atoms with Crippen molar-refractivity contribution in [3.63, 3.8) is 0 Å². The molecule has 7 heteroatoms. The van der Waals surface area contributed by atoms with Crippen molar-refractivity contribution < 1.29 is 9.84 Å². The predicted molar refractivity (Wildman–Crippen MR) is 146 cm³/mol. The van der Waals surface area contributed by atoms with E-state index in [1.165, 1.54) is 0 Å². The molecule has 0 fully saturated rings. The molecule has 0 saturated carbocycles. The maximum absolute atomic E-state index is 10.7. The van der Waals surface area contributed by atoms with Gasteiger partial charge < -0.3 is 20.1 Å². The fraction of sp³-hybridized carbons (Fsp3) is 0.448. The van der Waals surface area contributed by atoms with Crippen molar-refractivity contribution in [2.24, 2.45) is 5.41 Å². The summed E-state index contributed by atoms with van der Waals surface area (Å²) in [5.41, 5.74) is 6.45. The van der Waals surface area contributed by atoms with E-state index in [-0.39, 0.29) is 5.41 Å². The Bertz CT molecular complexity index is 1280. The van der Waals surface area contributed by atoms with Crippen molar-refractivity contribution in [2.75, 3.05) is 19.7 Å². The summed E-state index contributed by atoms with van der Waals surface area (Å²) >= 11 is 0. The number of nitrogens with one attached hydrogen (secondary N) is 3. The van der Waals surface area contributed by atoms with E-state index in [1.54, 1.807) is 6.20 Å². The van der Waals surface area contributed by atoms with Gasteiger partial charge in [0.2, 0.25) is 0 Å². The minimum atomic E-state index is -0.869. The average molecular weight is 490 g/mol. The van der Waals surface area contributed by atoms with Crippen LogP contribution in [0.4, 0.5) is 0 Å². The monoisotopic (exact) mass is 489 g/mol. The van der Waals surface area contributed by atoms with Gasteiger partial charge in [-0.05, 0) is 86.7 Å². The van der Waals surface area contributed by atoms with E-state index in [0.717, 1.165) is 69.8 Å². The lowest BCUT2D eigenvalue weighted by atomic mass is 9.92. The summed E-state index contributed by atoms with van der Waals surface area (Å²) in [5, 5.41) is 22.2. The molecule has 0 aliphatic carbocycles. The molecule has 1 aromatic carbocycles. The minimum absolute atomic E-state index is 0.290. The zero-order chi connectivity index (χ0) is 25.9. The Balaban J connectivity index is 1.56. The number of rotatable bonds is 10. The predicted octanol–water partition coefficient (Wildman–Crippen LogP) is 5.65. The lowest BCUT2D eigenvalue weighted by Crippen LogP contribution is -2.28. The van der Waals surface area contributed by atoms with Crippen molar-refractivity contribution >= 4 is 11.0 Å². The van der Waals surface area contributed by atoms with Gasteiger partial charge in [-0.15, -0.1) is 0 Å². The Morgan fingerprint density at radius 1 is 1.03 bits per heavy atom. The van der Waals surface area contributed by atoms with Crippen LogP contribution in [0.15, 0.2) is 42.9 Å². The molecule has 0 aliphatic heterocycles. The number of ether oxygens (including phenoxy) is 1. The van der Waals surface area contributed by atoms with Crippen LogP contribution in [0, 0.1) is 12.3 Å². The molecular weight excluding hydrogens is 450 g/mol. The topological polar surface area (TPSA) is 98.9 Å². The van der Waals surface area contributed by atoms with E-state index in [0.29, 0.717) is 13.0 Å². The second-order valence-corrected chi connectivity index (χ2v) is 11.4. The Kier molecular flexibility index (Phi) is 7.52. The van der Waals surface area contributed by atoms with Gasteiger partial charge in [-0.25, -0.2) is 4.98 Å². The van der Waals surface area contributed by atoms with Gasteiger partial charge in [0.15, 0.2) is 0 Å². The summed E-state index contributed by atoms with van der Waals surface area (Å²) in [7, 11) is 0. The van der Waals surface area contributed by atoms with Gasteiger partial charge in [-0.3, -0.25) is 5.10 Å². The van der Waals surface area contributed by atoms with Crippen LogP contribution in [0.5, 0.6) is 5.75 Å². The Morgan fingerprint density at radius 3 is 2.42 bits per heavy atom. The van der Waals surface area contributed by atoms with Crippen LogP contribution in [0.25, 0.3) is 33.4 Å². The second kappa shape index (κ2) is 10.4. The molecule has 0 atom stereocenters. The third kappa shape index (κ3) is 6.33. The van der Waals surface area contributed by atoms with Crippen molar-refractivity contribution in [3.8, 4) is 28.1 Å². The SMILES string of the molecule is Cc1c(-c2cn[nH]c2)cnc2[nH]c(-c3ccc(OCCCNCC(C)(C)C)cc3)c(CC(C)(C)O)c12. The number of aromatic nitrogens is 4. The quantitative estimate of drug-likeness (QED) is 0.216. The molecule has 0 radical (unpaired) electrons. The molecule has 4 N–H and O–H groups in total. The molecule has 192 valence electrons. The molecule has 3 aromatic heterocycles. The fourth-order valence-electron chi connectivity index (χ4n) is 4.50. The number of pyridine rings is 1. The maximum atomic E-state index is 10.7. The van der Waals surface area contributed by atoms with Crippen LogP contribution in [0.1, 0.15) is 52.2 Å². The zero-order valence-corrected chi connectivity index (χ0v) is 22.3. The lowest BCUT2D eigenvalue weighted by molar-refractivity contribution is 0.0814. The highest BCUT2D eigenvalue weighted by molar-refractivity contribution is 5.94. The highest BCUT2D eigenvalue weighted by atomic mass is 16.5. The average Bonchev–Trinajstić information content (AvgIpc) is 3.44. The highest BCUT2D eigenvalue weighted by Crippen LogP contribution is 2.37. The summed E-state index contributed by atoms with van der Waals surface area (Å²) in [5.74, 6) is 0.853. The van der Waals surface area contributed by atoms with Crippen molar-refractivity contribution in [1.82, 2.24) is 25.5 Å². The lowest BCUT2D eigenvalue weighted by Gasteiger charge is -2.19. The van der Waals surface area contributed by atoms with Crippen LogP contribution in [-0.4, -0.2) is 50.6 Å². The molecule has 4 rings (SSSR count). The number of aromatic amines is 2. The van der Waals surface area contributed by atoms with E-state index in [4.69, 9.17) is 9.72 Å². The van der Waals surface area contributed by atoms with Crippen molar-refractivity contribution in [1.29, 1.82) is 0 Å². The summed E-state index contributed by atoms with van der Waals surface area (Å²) < 4.78 is 5.96. The van der Waals surface area contributed by atoms with Gasteiger partial charge in [-0.1, -0.05) is 20.8 Å². The number of aryl methyl sites for hydroxylation is 1. The summed E-state index contributed by atoms with van der Waals surface area (Å²) in [4.78, 5) is 8.24. The van der Waals surface area contributed by atoms with Gasteiger partial charge in [0.05, 0.1) is 24.1 Å². The van der Waals surface area contributed by atoms with E-state index in [1.807, 2.05) is 38.4 Å². The number of fused-ring (bicyclic) bond motifs is 1. The molecule has 0 saturated heterocycles. The first kappa shape index (κ1) is 25.9. The molecule has 0 unspecified atom stereocenters. The van der Waals surface area contributed by atoms with Crippen molar-refractivity contribution in [2.45, 2.75) is 60.0 Å². The van der Waals surface area contributed by atoms with Gasteiger partial charge in [-0.2, -0.15) is 5.10 Å². The van der Waals surface area contributed by atoms with Gasteiger partial charge >= 0.3 is 0 Å². The third-order valence-electron chi connectivity index (χ3n) is 6.17. The largest absolute Gasteiger partial charge is 0.494 e. The molecule has 0 bridgehead atoms. The maximum Gasteiger partial charge on any atom is 0.138 e. The van der Waals surface area contributed by atoms with Crippen LogP contribution < -0.4 is 10.1 Å². The first-order valence-corrected chi connectivity index (χ1v) is 12.7. The Morgan fingerprint density at radius 2 is 1.78 bits per heavy atom. The Labute approximate surface area is 213 Å². The molecule has 4 aromatic rings. The van der Waals surface area contributed by atoms with Crippen molar-refractivity contribution in [3.05, 3.63) is 54.0 Å². The smallest absolute Gasteiger partial charge is 0.138 e. The van der Waals surface area contributed by atoms with Gasteiger partial charge in [0.25, 0.3) is 0 Å². The number of aliphatic hydroxyl groups is 1. The third-order valence-corrected chi connectivity index (χ3v) is 6.17. The first-order chi connectivity index (χ1) is 17.0. The molecular formula is C29H39N5O2. The van der Waals surface area contributed by atoms with Gasteiger partial charge in [0, 0.05) is 35.3 Å². The van der Waals surface area contributed by atoms with Crippen LogP contribution in [0.2, 0.25) is 0 Å². The fourth-order valence-corrected chi connectivity index (χ4v) is 4.50. The normalized spacial score (nSPS) is 12.4. The first-order valence-electron chi connectivity index (χ1n) is 12.7. The van der Waals surface area contributed by atoms with Crippen LogP contribution in [0.3, 0.4) is 0 Å². The number of H-pyrrole nitrogens is 2. The molecule has 0 spiro atoms. The van der Waals surface area contributed by atoms with E-state index >= 15 is 0 Å². The zero-order valence-electron chi connectivity index (χ0n) is 22.3. The van der Waals surface area contributed by atoms with Crippen LogP contribution in [-0.2, 0) is 6.42 Å². The van der Waals surface area contributed by atoms with E-state index in [9.17, 15) is 5.11 Å². The highest BCUT2D eigenvalue weighted by Gasteiger charge is 2.24. The summed E-state index contributed by atoms with van der Waals surface area (Å²) in [6.07, 6.45) is 7.01. The number of benzene rings is 1. The summed E-state index contributed by atoms with van der Waals surface area (Å²) in [6.45, 7) is 15.1. The van der Waals surface area contributed by atoms with Crippen LogP contribution >= 0.6 is 0 Å². The summed E-state index contributed by atoms with van der Waals surface area (Å²) in [6, 6.07) is 8.15. The molecule has 0 aliphatic rings. The second-order valence-electron chi connectivity index (χ2n) is 11.4. The Hall–Kier alpha value is -3.16.